The summed E-state index contributed by atoms with van der Waals surface area (Å²) in [7, 11) is 0. The number of rotatable bonds is 2. The molecule has 0 aromatic carbocycles. The Labute approximate surface area is 127 Å². The highest BCUT2D eigenvalue weighted by molar-refractivity contribution is 5.68. The van der Waals surface area contributed by atoms with Gasteiger partial charge in [-0.25, -0.2) is 4.79 Å². The third-order valence-corrected chi connectivity index (χ3v) is 3.93. The molecule has 2 heterocycles. The van der Waals surface area contributed by atoms with Crippen LogP contribution in [-0.4, -0.2) is 48.2 Å². The van der Waals surface area contributed by atoms with E-state index in [0.29, 0.717) is 12.5 Å². The number of likely N-dealkylation sites (tertiary alicyclic amines) is 1. The Morgan fingerprint density at radius 3 is 2.38 bits per heavy atom. The molecule has 2 aliphatic rings. The molecule has 0 aromatic rings. The number of piperidine rings is 1. The first kappa shape index (κ1) is 16.6. The largest absolute Gasteiger partial charge is 0.444 e. The Morgan fingerprint density at radius 1 is 1.29 bits per heavy atom. The SMILES string of the molecule is CC(C)(C)OC(=O)N1CCC(C[C@@H]2COC(C)(C)O2)CC1. The normalized spacial score (nSPS) is 26.9. The van der Waals surface area contributed by atoms with Gasteiger partial charge in [0.05, 0.1) is 12.7 Å². The van der Waals surface area contributed by atoms with Gasteiger partial charge in [0.2, 0.25) is 0 Å². The quantitative estimate of drug-likeness (QED) is 0.786. The van der Waals surface area contributed by atoms with Crippen LogP contribution in [0.25, 0.3) is 0 Å². The fraction of sp³-hybridized carbons (Fsp3) is 0.938. The van der Waals surface area contributed by atoms with Gasteiger partial charge in [0.15, 0.2) is 5.79 Å². The van der Waals surface area contributed by atoms with Crippen LogP contribution in [0.15, 0.2) is 0 Å². The highest BCUT2D eigenvalue weighted by Crippen LogP contribution is 2.30. The molecule has 0 aromatic heterocycles. The molecule has 2 aliphatic heterocycles. The van der Waals surface area contributed by atoms with Crippen molar-refractivity contribution in [2.45, 2.75) is 71.4 Å². The van der Waals surface area contributed by atoms with E-state index >= 15 is 0 Å². The molecule has 0 bridgehead atoms. The monoisotopic (exact) mass is 299 g/mol. The molecule has 5 heteroatoms. The summed E-state index contributed by atoms with van der Waals surface area (Å²) in [5, 5.41) is 0. The standard InChI is InChI=1S/C16H29NO4/c1-15(2,3)21-14(18)17-8-6-12(7-9-17)10-13-11-19-16(4,5)20-13/h12-13H,6-11H2,1-5H3/t13-/m1/s1. The number of ether oxygens (including phenoxy) is 3. The molecule has 0 unspecified atom stereocenters. The minimum Gasteiger partial charge on any atom is -0.444 e. The molecule has 0 N–H and O–H groups in total. The lowest BCUT2D eigenvalue weighted by Gasteiger charge is -2.34. The highest BCUT2D eigenvalue weighted by Gasteiger charge is 2.35. The summed E-state index contributed by atoms with van der Waals surface area (Å²) < 4.78 is 16.9. The predicted octanol–water partition coefficient (Wildman–Crippen LogP) is 3.18. The molecule has 1 amide bonds. The van der Waals surface area contributed by atoms with Crippen molar-refractivity contribution in [2.75, 3.05) is 19.7 Å². The summed E-state index contributed by atoms with van der Waals surface area (Å²) in [6.45, 7) is 11.8. The Bertz CT molecular complexity index is 367. The molecule has 0 aliphatic carbocycles. The molecule has 5 nitrogen and oxygen atoms in total. The molecular weight excluding hydrogens is 270 g/mol. The zero-order valence-corrected chi connectivity index (χ0v) is 14.0. The van der Waals surface area contributed by atoms with Gasteiger partial charge in [0.1, 0.15) is 5.60 Å². The minimum absolute atomic E-state index is 0.192. The third-order valence-electron chi connectivity index (χ3n) is 3.93. The highest BCUT2D eigenvalue weighted by atomic mass is 16.7. The van der Waals surface area contributed by atoms with Crippen molar-refractivity contribution in [1.29, 1.82) is 0 Å². The summed E-state index contributed by atoms with van der Waals surface area (Å²) in [4.78, 5) is 13.8. The molecule has 2 rings (SSSR count). The number of carbonyl (C=O) groups excluding carboxylic acids is 1. The molecule has 2 fully saturated rings. The summed E-state index contributed by atoms with van der Waals surface area (Å²) >= 11 is 0. The van der Waals surface area contributed by atoms with Crippen LogP contribution >= 0.6 is 0 Å². The van der Waals surface area contributed by atoms with Crippen LogP contribution in [0, 0.1) is 5.92 Å². The molecule has 2 saturated heterocycles. The van der Waals surface area contributed by atoms with Crippen LogP contribution in [0.3, 0.4) is 0 Å². The van der Waals surface area contributed by atoms with Gasteiger partial charge in [-0.05, 0) is 59.8 Å². The zero-order valence-electron chi connectivity index (χ0n) is 14.0. The van der Waals surface area contributed by atoms with Crippen molar-refractivity contribution in [3.63, 3.8) is 0 Å². The maximum absolute atomic E-state index is 12.0. The molecule has 0 radical (unpaired) electrons. The van der Waals surface area contributed by atoms with Crippen molar-refractivity contribution >= 4 is 6.09 Å². The van der Waals surface area contributed by atoms with Crippen molar-refractivity contribution < 1.29 is 19.0 Å². The lowest BCUT2D eigenvalue weighted by atomic mass is 9.91. The molecule has 1 atom stereocenters. The minimum atomic E-state index is -0.443. The summed E-state index contributed by atoms with van der Waals surface area (Å²) in [6.07, 6.45) is 3.05. The van der Waals surface area contributed by atoms with Gasteiger partial charge in [-0.3, -0.25) is 0 Å². The van der Waals surface area contributed by atoms with E-state index in [-0.39, 0.29) is 12.2 Å². The van der Waals surface area contributed by atoms with Gasteiger partial charge in [-0.15, -0.1) is 0 Å². The average molecular weight is 299 g/mol. The number of amides is 1. The van der Waals surface area contributed by atoms with E-state index in [9.17, 15) is 4.79 Å². The topological polar surface area (TPSA) is 48.0 Å². The van der Waals surface area contributed by atoms with Crippen LogP contribution in [0.5, 0.6) is 0 Å². The van der Waals surface area contributed by atoms with E-state index in [1.165, 1.54) is 0 Å². The molecular formula is C16H29NO4. The fourth-order valence-electron chi connectivity index (χ4n) is 2.93. The third kappa shape index (κ3) is 5.15. The first-order chi connectivity index (χ1) is 9.65. The molecule has 0 spiro atoms. The van der Waals surface area contributed by atoms with Gasteiger partial charge in [-0.1, -0.05) is 0 Å². The van der Waals surface area contributed by atoms with Crippen molar-refractivity contribution in [1.82, 2.24) is 4.90 Å². The van der Waals surface area contributed by atoms with E-state index in [1.807, 2.05) is 39.5 Å². The van der Waals surface area contributed by atoms with Crippen LogP contribution in [-0.2, 0) is 14.2 Å². The maximum Gasteiger partial charge on any atom is 0.410 e. The molecule has 21 heavy (non-hydrogen) atoms. The fourth-order valence-corrected chi connectivity index (χ4v) is 2.93. The van der Waals surface area contributed by atoms with Gasteiger partial charge in [0.25, 0.3) is 0 Å². The molecule has 0 saturated carbocycles. The van der Waals surface area contributed by atoms with Gasteiger partial charge in [-0.2, -0.15) is 0 Å². The first-order valence-electron chi connectivity index (χ1n) is 7.94. The van der Waals surface area contributed by atoms with Crippen molar-refractivity contribution in [3.8, 4) is 0 Å². The maximum atomic E-state index is 12.0. The van der Waals surface area contributed by atoms with Crippen LogP contribution in [0.2, 0.25) is 0 Å². The lowest BCUT2D eigenvalue weighted by Crippen LogP contribution is -2.42. The Morgan fingerprint density at radius 2 is 1.90 bits per heavy atom. The zero-order chi connectivity index (χ0) is 15.7. The van der Waals surface area contributed by atoms with Crippen LogP contribution < -0.4 is 0 Å². The van der Waals surface area contributed by atoms with Crippen molar-refractivity contribution in [2.24, 2.45) is 5.92 Å². The van der Waals surface area contributed by atoms with Gasteiger partial charge >= 0.3 is 6.09 Å². The Kier molecular flexibility index (Phi) is 4.83. The van der Waals surface area contributed by atoms with Gasteiger partial charge < -0.3 is 19.1 Å². The first-order valence-corrected chi connectivity index (χ1v) is 7.94. The number of hydrogen-bond acceptors (Lipinski definition) is 4. The van der Waals surface area contributed by atoms with Crippen LogP contribution in [0.1, 0.15) is 53.9 Å². The second-order valence-electron chi connectivity index (χ2n) is 7.60. The van der Waals surface area contributed by atoms with E-state index in [4.69, 9.17) is 14.2 Å². The Balaban J connectivity index is 1.72. The predicted molar refractivity (Wildman–Crippen MR) is 80.1 cm³/mol. The van der Waals surface area contributed by atoms with E-state index < -0.39 is 11.4 Å². The lowest BCUT2D eigenvalue weighted by molar-refractivity contribution is -0.140. The average Bonchev–Trinajstić information content (AvgIpc) is 2.67. The second-order valence-corrected chi connectivity index (χ2v) is 7.60. The van der Waals surface area contributed by atoms with Gasteiger partial charge in [0, 0.05) is 13.1 Å². The Hall–Kier alpha value is -0.810. The smallest absolute Gasteiger partial charge is 0.410 e. The number of hydrogen-bond donors (Lipinski definition) is 0. The van der Waals surface area contributed by atoms with E-state index in [0.717, 1.165) is 32.4 Å². The van der Waals surface area contributed by atoms with E-state index in [2.05, 4.69) is 0 Å². The van der Waals surface area contributed by atoms with Crippen molar-refractivity contribution in [3.05, 3.63) is 0 Å². The number of carbonyl (C=O) groups is 1. The summed E-state index contributed by atoms with van der Waals surface area (Å²) in [6, 6.07) is 0. The molecule has 122 valence electrons. The van der Waals surface area contributed by atoms with Crippen LogP contribution in [0.4, 0.5) is 4.79 Å². The summed E-state index contributed by atoms with van der Waals surface area (Å²) in [5.74, 6) is 0.160. The second kappa shape index (κ2) is 6.13. The summed E-state index contributed by atoms with van der Waals surface area (Å²) in [5.41, 5.74) is -0.422. The number of nitrogens with zero attached hydrogens (tertiary/aromatic N) is 1. The van der Waals surface area contributed by atoms with E-state index in [1.54, 1.807) is 0 Å².